The average Bonchev–Trinajstić information content (AvgIpc) is 3.30. The van der Waals surface area contributed by atoms with Crippen LogP contribution in [-0.2, 0) is 13.2 Å². The van der Waals surface area contributed by atoms with Gasteiger partial charge in [-0.2, -0.15) is 0 Å². The van der Waals surface area contributed by atoms with Gasteiger partial charge in [0.15, 0.2) is 17.3 Å². The number of furan rings is 1. The number of amides is 1. The van der Waals surface area contributed by atoms with Crippen molar-refractivity contribution in [1.29, 1.82) is 0 Å². The monoisotopic (exact) mass is 417 g/mol. The molecule has 0 aliphatic carbocycles. The first-order valence-corrected chi connectivity index (χ1v) is 9.86. The summed E-state index contributed by atoms with van der Waals surface area (Å²) in [5.74, 6) is 2.53. The molecule has 1 aromatic heterocycles. The molecular formula is C25H23NO5. The molecule has 0 spiro atoms. The molecule has 4 aromatic rings. The van der Waals surface area contributed by atoms with Gasteiger partial charge in [0, 0.05) is 11.9 Å². The summed E-state index contributed by atoms with van der Waals surface area (Å²) in [4.78, 5) is 12.5. The molecule has 3 aromatic carbocycles. The number of nitrogens with one attached hydrogen (secondary N) is 1. The fourth-order valence-corrected chi connectivity index (χ4v) is 3.31. The summed E-state index contributed by atoms with van der Waals surface area (Å²) in [6, 6.07) is 22.8. The van der Waals surface area contributed by atoms with Crippen molar-refractivity contribution in [2.45, 2.75) is 13.2 Å². The van der Waals surface area contributed by atoms with Crippen molar-refractivity contribution in [2.24, 2.45) is 0 Å². The minimum Gasteiger partial charge on any atom is -0.493 e. The Hall–Kier alpha value is -3.93. The van der Waals surface area contributed by atoms with Crippen molar-refractivity contribution in [2.75, 3.05) is 14.2 Å². The summed E-state index contributed by atoms with van der Waals surface area (Å²) in [7, 11) is 3.16. The van der Waals surface area contributed by atoms with Crippen LogP contribution in [0.25, 0.3) is 10.8 Å². The van der Waals surface area contributed by atoms with Gasteiger partial charge in [-0.1, -0.05) is 42.5 Å². The molecule has 0 unspecified atom stereocenters. The molecule has 1 N–H and O–H groups in total. The first-order chi connectivity index (χ1) is 15.2. The third kappa shape index (κ3) is 4.64. The van der Waals surface area contributed by atoms with E-state index in [9.17, 15) is 4.79 Å². The molecule has 0 saturated heterocycles. The first kappa shape index (κ1) is 20.3. The van der Waals surface area contributed by atoms with Crippen LogP contribution in [0.4, 0.5) is 0 Å². The quantitative estimate of drug-likeness (QED) is 0.439. The Kier molecular flexibility index (Phi) is 6.08. The Morgan fingerprint density at radius 1 is 0.871 bits per heavy atom. The van der Waals surface area contributed by atoms with Crippen LogP contribution in [0.1, 0.15) is 21.9 Å². The zero-order chi connectivity index (χ0) is 21.6. The van der Waals surface area contributed by atoms with E-state index in [2.05, 4.69) is 5.32 Å². The van der Waals surface area contributed by atoms with Crippen LogP contribution in [0.2, 0.25) is 0 Å². The second kappa shape index (κ2) is 9.26. The maximum atomic E-state index is 12.5. The van der Waals surface area contributed by atoms with E-state index in [0.29, 0.717) is 23.8 Å². The van der Waals surface area contributed by atoms with Gasteiger partial charge in [-0.15, -0.1) is 0 Å². The van der Waals surface area contributed by atoms with Crippen LogP contribution < -0.4 is 19.5 Å². The van der Waals surface area contributed by atoms with E-state index >= 15 is 0 Å². The number of carbonyl (C=O) groups excluding carboxylic acids is 1. The van der Waals surface area contributed by atoms with Crippen LogP contribution >= 0.6 is 0 Å². The van der Waals surface area contributed by atoms with E-state index in [-0.39, 0.29) is 18.3 Å². The van der Waals surface area contributed by atoms with Crippen LogP contribution in [0.5, 0.6) is 17.2 Å². The van der Waals surface area contributed by atoms with Crippen molar-refractivity contribution < 1.29 is 23.4 Å². The molecule has 0 atom stereocenters. The minimum absolute atomic E-state index is 0.233. The van der Waals surface area contributed by atoms with Gasteiger partial charge >= 0.3 is 0 Å². The molecule has 0 saturated carbocycles. The number of carbonyl (C=O) groups is 1. The lowest BCUT2D eigenvalue weighted by atomic mass is 10.1. The molecule has 6 heteroatoms. The number of methoxy groups -OCH3 is 2. The summed E-state index contributed by atoms with van der Waals surface area (Å²) in [5.41, 5.74) is 0.886. The highest BCUT2D eigenvalue weighted by molar-refractivity contribution is 5.91. The summed E-state index contributed by atoms with van der Waals surface area (Å²) >= 11 is 0. The molecule has 4 rings (SSSR count). The zero-order valence-electron chi connectivity index (χ0n) is 17.4. The summed E-state index contributed by atoms with van der Waals surface area (Å²) in [6.07, 6.45) is 0. The van der Waals surface area contributed by atoms with Gasteiger partial charge in [-0.25, -0.2) is 0 Å². The molecule has 0 fully saturated rings. The maximum absolute atomic E-state index is 12.5. The van der Waals surface area contributed by atoms with E-state index in [1.807, 2.05) is 54.6 Å². The Balaban J connectivity index is 1.36. The molecule has 158 valence electrons. The third-order valence-corrected chi connectivity index (χ3v) is 4.91. The van der Waals surface area contributed by atoms with E-state index in [0.717, 1.165) is 22.1 Å². The van der Waals surface area contributed by atoms with Gasteiger partial charge in [0.05, 0.1) is 14.2 Å². The molecule has 0 aliphatic rings. The lowest BCUT2D eigenvalue weighted by molar-refractivity contribution is 0.0919. The Morgan fingerprint density at radius 2 is 1.68 bits per heavy atom. The number of benzene rings is 3. The Morgan fingerprint density at radius 3 is 2.52 bits per heavy atom. The Bertz CT molecular complexity index is 1190. The van der Waals surface area contributed by atoms with Crippen molar-refractivity contribution in [1.82, 2.24) is 5.32 Å². The van der Waals surface area contributed by atoms with Crippen molar-refractivity contribution in [3.8, 4) is 17.2 Å². The van der Waals surface area contributed by atoms with Crippen molar-refractivity contribution >= 4 is 16.7 Å². The highest BCUT2D eigenvalue weighted by Crippen LogP contribution is 2.28. The number of hydrogen-bond donors (Lipinski definition) is 1. The van der Waals surface area contributed by atoms with Gasteiger partial charge in [0.1, 0.15) is 18.1 Å². The summed E-state index contributed by atoms with van der Waals surface area (Å²) < 4.78 is 22.1. The van der Waals surface area contributed by atoms with E-state index in [4.69, 9.17) is 18.6 Å². The predicted octanol–water partition coefficient (Wildman–Crippen LogP) is 4.96. The molecule has 6 nitrogen and oxygen atoms in total. The molecule has 0 aliphatic heterocycles. The summed E-state index contributed by atoms with van der Waals surface area (Å²) in [6.45, 7) is 0.568. The SMILES string of the molecule is COc1ccc(CNC(=O)c2ccc(COc3cccc4ccccc34)o2)cc1OC. The maximum Gasteiger partial charge on any atom is 0.287 e. The molecule has 0 radical (unpaired) electrons. The van der Waals surface area contributed by atoms with Crippen LogP contribution in [0.3, 0.4) is 0 Å². The van der Waals surface area contributed by atoms with E-state index < -0.39 is 0 Å². The standard InChI is InChI=1S/C25H23NO5/c1-28-22-12-10-17(14-24(22)29-2)15-26-25(27)23-13-11-19(31-23)16-30-21-9-5-7-18-6-3-4-8-20(18)21/h3-14H,15-16H2,1-2H3,(H,26,27). The normalized spacial score (nSPS) is 10.6. The van der Waals surface area contributed by atoms with Crippen LogP contribution in [-0.4, -0.2) is 20.1 Å². The average molecular weight is 417 g/mol. The second-order valence-electron chi connectivity index (χ2n) is 6.90. The summed E-state index contributed by atoms with van der Waals surface area (Å²) in [5, 5.41) is 4.98. The molecule has 1 amide bonds. The second-order valence-corrected chi connectivity index (χ2v) is 6.90. The predicted molar refractivity (Wildman–Crippen MR) is 118 cm³/mol. The number of rotatable bonds is 8. The molecule has 0 bridgehead atoms. The highest BCUT2D eigenvalue weighted by atomic mass is 16.5. The highest BCUT2D eigenvalue weighted by Gasteiger charge is 2.13. The third-order valence-electron chi connectivity index (χ3n) is 4.91. The number of ether oxygens (including phenoxy) is 3. The number of fused-ring (bicyclic) bond motifs is 1. The fourth-order valence-electron chi connectivity index (χ4n) is 3.31. The first-order valence-electron chi connectivity index (χ1n) is 9.86. The van der Waals surface area contributed by atoms with Crippen molar-refractivity contribution in [3.05, 3.63) is 89.9 Å². The molecule has 31 heavy (non-hydrogen) atoms. The van der Waals surface area contributed by atoms with Gasteiger partial charge in [0.2, 0.25) is 0 Å². The van der Waals surface area contributed by atoms with Gasteiger partial charge < -0.3 is 23.9 Å². The van der Waals surface area contributed by atoms with Crippen LogP contribution in [0, 0.1) is 0 Å². The largest absolute Gasteiger partial charge is 0.493 e. The number of hydrogen-bond acceptors (Lipinski definition) is 5. The van der Waals surface area contributed by atoms with Gasteiger partial charge in [0.25, 0.3) is 5.91 Å². The lowest BCUT2D eigenvalue weighted by Crippen LogP contribution is -2.22. The van der Waals surface area contributed by atoms with Crippen LogP contribution in [0.15, 0.2) is 77.2 Å². The zero-order valence-corrected chi connectivity index (χ0v) is 17.4. The lowest BCUT2D eigenvalue weighted by Gasteiger charge is -2.10. The smallest absolute Gasteiger partial charge is 0.287 e. The topological polar surface area (TPSA) is 69.9 Å². The van der Waals surface area contributed by atoms with Gasteiger partial charge in [-0.05, 0) is 41.3 Å². The van der Waals surface area contributed by atoms with E-state index in [1.54, 1.807) is 32.4 Å². The fraction of sp³-hybridized carbons (Fsp3) is 0.160. The molecule has 1 heterocycles. The Labute approximate surface area is 180 Å². The minimum atomic E-state index is -0.300. The van der Waals surface area contributed by atoms with E-state index in [1.165, 1.54) is 0 Å². The molecular weight excluding hydrogens is 394 g/mol. The van der Waals surface area contributed by atoms with Crippen molar-refractivity contribution in [3.63, 3.8) is 0 Å². The van der Waals surface area contributed by atoms with Gasteiger partial charge in [-0.3, -0.25) is 4.79 Å².